The number of aromatic nitrogens is 1. The van der Waals surface area contributed by atoms with Crippen molar-refractivity contribution in [3.05, 3.63) is 10.5 Å². The van der Waals surface area contributed by atoms with E-state index in [2.05, 4.69) is 22.5 Å². The van der Waals surface area contributed by atoms with Crippen LogP contribution in [0.15, 0.2) is 5.38 Å². The molecule has 0 saturated carbocycles. The lowest BCUT2D eigenvalue weighted by Crippen LogP contribution is -2.22. The molecule has 5 heteroatoms. The van der Waals surface area contributed by atoms with Crippen molar-refractivity contribution < 1.29 is 0 Å². The zero-order valence-electron chi connectivity index (χ0n) is 7.64. The molecule has 1 rings (SSSR count). The highest BCUT2D eigenvalue weighted by Crippen LogP contribution is 2.18. The molecule has 3 nitrogen and oxygen atoms in total. The minimum absolute atomic E-state index is 0.564. The summed E-state index contributed by atoms with van der Waals surface area (Å²) >= 11 is 7.20. The van der Waals surface area contributed by atoms with E-state index in [1.165, 1.54) is 17.8 Å². The lowest BCUT2D eigenvalue weighted by molar-refractivity contribution is 0.687. The van der Waals surface area contributed by atoms with Crippen LogP contribution in [0.25, 0.3) is 0 Å². The van der Waals surface area contributed by atoms with Crippen molar-refractivity contribution in [3.8, 4) is 0 Å². The Kier molecular flexibility index (Phi) is 5.12. The minimum Gasteiger partial charge on any atom is -0.360 e. The van der Waals surface area contributed by atoms with Crippen LogP contribution in [-0.4, -0.2) is 24.6 Å². The second kappa shape index (κ2) is 6.18. The fourth-order valence-electron chi connectivity index (χ4n) is 0.895. The Bertz CT molecular complexity index is 239. The molecule has 0 radical (unpaired) electrons. The highest BCUT2D eigenvalue weighted by molar-refractivity contribution is 7.14. The van der Waals surface area contributed by atoms with Crippen molar-refractivity contribution in [2.75, 3.05) is 25.0 Å². The van der Waals surface area contributed by atoms with E-state index in [4.69, 9.17) is 11.6 Å². The Morgan fingerprint density at radius 2 is 2.31 bits per heavy atom. The van der Waals surface area contributed by atoms with Crippen LogP contribution in [0.5, 0.6) is 0 Å². The number of nitrogens with zero attached hydrogens (tertiary/aromatic N) is 1. The highest BCUT2D eigenvalue weighted by atomic mass is 35.5. The fourth-order valence-corrected chi connectivity index (χ4v) is 1.76. The first-order valence-electron chi connectivity index (χ1n) is 4.38. The van der Waals surface area contributed by atoms with Gasteiger partial charge in [-0.3, -0.25) is 0 Å². The van der Waals surface area contributed by atoms with Gasteiger partial charge in [-0.15, -0.1) is 11.3 Å². The van der Waals surface area contributed by atoms with Gasteiger partial charge in [0.2, 0.25) is 0 Å². The molecule has 0 aliphatic heterocycles. The zero-order chi connectivity index (χ0) is 9.52. The Morgan fingerprint density at radius 1 is 1.46 bits per heavy atom. The van der Waals surface area contributed by atoms with Crippen LogP contribution in [0.1, 0.15) is 13.3 Å². The molecule has 0 aliphatic carbocycles. The van der Waals surface area contributed by atoms with Gasteiger partial charge in [-0.1, -0.05) is 18.5 Å². The first-order chi connectivity index (χ1) is 6.33. The van der Waals surface area contributed by atoms with Crippen LogP contribution in [0.4, 0.5) is 5.13 Å². The number of anilines is 1. The average Bonchev–Trinajstić information content (AvgIpc) is 2.51. The molecule has 0 bridgehead atoms. The lowest BCUT2D eigenvalue weighted by Gasteiger charge is -2.03. The summed E-state index contributed by atoms with van der Waals surface area (Å²) in [6.45, 7) is 5.08. The predicted molar refractivity (Wildman–Crippen MR) is 58.8 cm³/mol. The first kappa shape index (κ1) is 10.8. The van der Waals surface area contributed by atoms with Gasteiger partial charge in [0, 0.05) is 18.5 Å². The van der Waals surface area contributed by atoms with Crippen LogP contribution >= 0.6 is 22.9 Å². The molecule has 0 aromatic carbocycles. The fraction of sp³-hybridized carbons (Fsp3) is 0.625. The molecular formula is C8H14ClN3S. The van der Waals surface area contributed by atoms with Gasteiger partial charge in [0.25, 0.3) is 0 Å². The van der Waals surface area contributed by atoms with Crippen molar-refractivity contribution in [1.29, 1.82) is 0 Å². The number of thiazole rings is 1. The standard InChI is InChI=1S/C8H14ClN3S/c1-2-3-10-4-5-11-8-12-7(9)6-13-8/h6,10H,2-5H2,1H3,(H,11,12). The third-order valence-corrected chi connectivity index (χ3v) is 2.60. The molecule has 13 heavy (non-hydrogen) atoms. The number of hydrogen-bond donors (Lipinski definition) is 2. The Morgan fingerprint density at radius 3 is 2.92 bits per heavy atom. The molecule has 1 aromatic rings. The molecule has 0 unspecified atom stereocenters. The molecule has 0 spiro atoms. The van der Waals surface area contributed by atoms with Crippen LogP contribution in [0, 0.1) is 0 Å². The summed E-state index contributed by atoms with van der Waals surface area (Å²) in [6, 6.07) is 0. The average molecular weight is 220 g/mol. The van der Waals surface area contributed by atoms with E-state index in [-0.39, 0.29) is 0 Å². The SMILES string of the molecule is CCCNCCNc1nc(Cl)cs1. The Labute approximate surface area is 87.5 Å². The Hall–Kier alpha value is -0.320. The molecule has 0 atom stereocenters. The molecular weight excluding hydrogens is 206 g/mol. The van der Waals surface area contributed by atoms with Gasteiger partial charge in [-0.05, 0) is 13.0 Å². The summed E-state index contributed by atoms with van der Waals surface area (Å²) in [5, 5.41) is 9.76. The molecule has 0 amide bonds. The largest absolute Gasteiger partial charge is 0.360 e. The van der Waals surface area contributed by atoms with Crippen molar-refractivity contribution in [3.63, 3.8) is 0 Å². The maximum atomic E-state index is 5.67. The normalized spacial score (nSPS) is 10.3. The molecule has 0 fully saturated rings. The quantitative estimate of drug-likeness (QED) is 0.721. The number of rotatable bonds is 6. The van der Waals surface area contributed by atoms with Crippen molar-refractivity contribution in [2.24, 2.45) is 0 Å². The predicted octanol–water partition coefficient (Wildman–Crippen LogP) is 2.21. The third-order valence-electron chi connectivity index (χ3n) is 1.48. The lowest BCUT2D eigenvalue weighted by atomic mass is 10.5. The van der Waals surface area contributed by atoms with Crippen LogP contribution in [0.2, 0.25) is 5.15 Å². The minimum atomic E-state index is 0.564. The van der Waals surface area contributed by atoms with Crippen LogP contribution in [0.3, 0.4) is 0 Å². The van der Waals surface area contributed by atoms with Crippen molar-refractivity contribution in [1.82, 2.24) is 10.3 Å². The number of halogens is 1. The van der Waals surface area contributed by atoms with E-state index >= 15 is 0 Å². The van der Waals surface area contributed by atoms with Crippen LogP contribution in [-0.2, 0) is 0 Å². The van der Waals surface area contributed by atoms with Gasteiger partial charge < -0.3 is 10.6 Å². The topological polar surface area (TPSA) is 37.0 Å². The second-order valence-electron chi connectivity index (χ2n) is 2.65. The first-order valence-corrected chi connectivity index (χ1v) is 5.64. The monoisotopic (exact) mass is 219 g/mol. The van der Waals surface area contributed by atoms with E-state index in [0.29, 0.717) is 5.15 Å². The van der Waals surface area contributed by atoms with Gasteiger partial charge in [0.1, 0.15) is 5.15 Å². The van der Waals surface area contributed by atoms with Gasteiger partial charge in [0.05, 0.1) is 0 Å². The maximum Gasteiger partial charge on any atom is 0.184 e. The molecule has 1 heterocycles. The maximum absolute atomic E-state index is 5.67. The van der Waals surface area contributed by atoms with Gasteiger partial charge in [-0.25, -0.2) is 4.98 Å². The molecule has 0 saturated heterocycles. The van der Waals surface area contributed by atoms with Gasteiger partial charge in [-0.2, -0.15) is 0 Å². The summed E-state index contributed by atoms with van der Waals surface area (Å²) in [7, 11) is 0. The number of nitrogens with one attached hydrogen (secondary N) is 2. The van der Waals surface area contributed by atoms with Crippen molar-refractivity contribution in [2.45, 2.75) is 13.3 Å². The molecule has 2 N–H and O–H groups in total. The summed E-state index contributed by atoms with van der Waals surface area (Å²) in [6.07, 6.45) is 1.17. The summed E-state index contributed by atoms with van der Waals surface area (Å²) in [4.78, 5) is 4.07. The molecule has 74 valence electrons. The van der Waals surface area contributed by atoms with E-state index in [1.807, 2.05) is 5.38 Å². The van der Waals surface area contributed by atoms with E-state index in [9.17, 15) is 0 Å². The number of hydrogen-bond acceptors (Lipinski definition) is 4. The summed E-state index contributed by atoms with van der Waals surface area (Å²) < 4.78 is 0. The van der Waals surface area contributed by atoms with Crippen molar-refractivity contribution >= 4 is 28.1 Å². The second-order valence-corrected chi connectivity index (χ2v) is 3.90. The molecule has 0 aliphatic rings. The highest BCUT2D eigenvalue weighted by Gasteiger charge is 1.96. The van der Waals surface area contributed by atoms with Gasteiger partial charge in [0.15, 0.2) is 5.13 Å². The summed E-state index contributed by atoms with van der Waals surface area (Å²) in [5.41, 5.74) is 0. The Balaban J connectivity index is 2.06. The van der Waals surface area contributed by atoms with E-state index in [1.54, 1.807) is 0 Å². The molecule has 1 aromatic heterocycles. The zero-order valence-corrected chi connectivity index (χ0v) is 9.21. The van der Waals surface area contributed by atoms with E-state index < -0.39 is 0 Å². The van der Waals surface area contributed by atoms with E-state index in [0.717, 1.165) is 24.8 Å². The third kappa shape index (κ3) is 4.45. The van der Waals surface area contributed by atoms with Gasteiger partial charge >= 0.3 is 0 Å². The summed E-state index contributed by atoms with van der Waals surface area (Å²) in [5.74, 6) is 0. The van der Waals surface area contributed by atoms with Crippen LogP contribution < -0.4 is 10.6 Å². The smallest absolute Gasteiger partial charge is 0.184 e.